The van der Waals surface area contributed by atoms with E-state index in [2.05, 4.69) is 41.2 Å². The molecule has 12 atom stereocenters. The average molecular weight is 1220 g/mol. The van der Waals surface area contributed by atoms with Crippen LogP contribution in [0.4, 0.5) is 0 Å². The van der Waals surface area contributed by atoms with Gasteiger partial charge in [0.1, 0.15) is 17.6 Å². The topological polar surface area (TPSA) is 506 Å². The minimum absolute atomic E-state index is 0.00177. The summed E-state index contributed by atoms with van der Waals surface area (Å²) in [5.74, 6) is -15.5. The second-order valence-corrected chi connectivity index (χ2v) is 23.1. The molecule has 0 saturated heterocycles. The Balaban J connectivity index is 2.39. The number of ketones is 5. The zero-order valence-electron chi connectivity index (χ0n) is 51.1. The fraction of sp³-hybridized carbons (Fsp3) is 0.627. The van der Waals surface area contributed by atoms with E-state index in [1.165, 1.54) is 50.6 Å². The number of nitrogens with zero attached hydrogens (tertiary/aromatic N) is 3. The van der Waals surface area contributed by atoms with Gasteiger partial charge >= 0.3 is 0 Å². The van der Waals surface area contributed by atoms with Gasteiger partial charge in [-0.3, -0.25) is 62.7 Å². The number of nitrogens with two attached hydrogens (primary N) is 6. The Bertz CT molecular complexity index is 2670. The molecule has 0 aliphatic carbocycles. The van der Waals surface area contributed by atoms with Crippen LogP contribution in [0.3, 0.4) is 0 Å². The van der Waals surface area contributed by atoms with Crippen molar-refractivity contribution in [3.8, 4) is 5.75 Å². The van der Waals surface area contributed by atoms with Crippen molar-refractivity contribution < 1.29 is 68.1 Å². The van der Waals surface area contributed by atoms with E-state index in [4.69, 9.17) is 34.4 Å². The number of carbonyl (C=O) groups is 11. The Hall–Kier alpha value is -8.14. The SMILES string of the molecule is CC[C@H](C)[C@H](NC(=O)[C@@H](CC(=O)[C@H](CC(N)=O)NC(=O)[C@H](CCCN=C(N)N)CC(=O)[C@@H](NC(=O)[C@H](CO)CC(=O)[C@H](C)NC(=O)[C@@H](CC(=O)[C@@H](C)CCCN=C(N)N)CC(C)C)[C@@H](C)O)Cc1ccc(O)cc1)C(=O)C[C@@H](Cc1cnc[nH]1)C(N)=O. The van der Waals surface area contributed by atoms with Gasteiger partial charge in [-0.15, -0.1) is 0 Å². The van der Waals surface area contributed by atoms with Crippen LogP contribution in [-0.2, 0) is 65.6 Å². The number of phenols is 1. The lowest BCUT2D eigenvalue weighted by molar-refractivity contribution is -0.138. The first-order chi connectivity index (χ1) is 40.9. The number of guanidine groups is 2. The number of aromatic amines is 1. The van der Waals surface area contributed by atoms with Crippen molar-refractivity contribution in [2.24, 2.45) is 91.7 Å². The van der Waals surface area contributed by atoms with Gasteiger partial charge in [0.25, 0.3) is 0 Å². The largest absolute Gasteiger partial charge is 0.508 e. The van der Waals surface area contributed by atoms with Crippen molar-refractivity contribution in [2.75, 3.05) is 19.7 Å². The summed E-state index contributed by atoms with van der Waals surface area (Å²) >= 11 is 0. The number of hydrogen-bond acceptors (Lipinski definition) is 17. The summed E-state index contributed by atoms with van der Waals surface area (Å²) in [6.07, 6.45) is -0.361. The zero-order valence-corrected chi connectivity index (χ0v) is 51.1. The number of nitrogens with one attached hydrogen (secondary N) is 5. The highest BCUT2D eigenvalue weighted by atomic mass is 16.3. The summed E-state index contributed by atoms with van der Waals surface area (Å²) in [4.78, 5) is 165. The maximum atomic E-state index is 14.4. The molecule has 0 spiro atoms. The number of primary amides is 2. The van der Waals surface area contributed by atoms with Crippen molar-refractivity contribution in [1.82, 2.24) is 31.2 Å². The minimum atomic E-state index is -1.73. The first-order valence-corrected chi connectivity index (χ1v) is 29.4. The van der Waals surface area contributed by atoms with E-state index < -0.39 is 163 Å². The number of imidazole rings is 1. The average Bonchev–Trinajstić information content (AvgIpc) is 2.98. The molecule has 87 heavy (non-hydrogen) atoms. The summed E-state index contributed by atoms with van der Waals surface area (Å²) in [7, 11) is 0. The number of rotatable bonds is 44. The second kappa shape index (κ2) is 38.1. The van der Waals surface area contributed by atoms with E-state index in [1.54, 1.807) is 20.8 Å². The van der Waals surface area contributed by atoms with Crippen molar-refractivity contribution in [2.45, 2.75) is 169 Å². The predicted molar refractivity (Wildman–Crippen MR) is 323 cm³/mol. The molecule has 20 N–H and O–H groups in total. The first kappa shape index (κ1) is 75.0. The van der Waals surface area contributed by atoms with Gasteiger partial charge in [-0.1, -0.05) is 53.2 Å². The Morgan fingerprint density at radius 1 is 0.586 bits per heavy atom. The van der Waals surface area contributed by atoms with Gasteiger partial charge < -0.3 is 76.0 Å². The number of aromatic hydroxyl groups is 1. The summed E-state index contributed by atoms with van der Waals surface area (Å²) in [5.41, 5.74) is 34.1. The van der Waals surface area contributed by atoms with Crippen molar-refractivity contribution >= 4 is 76.3 Å². The van der Waals surface area contributed by atoms with E-state index in [-0.39, 0.29) is 74.4 Å². The molecule has 1 aromatic carbocycles. The molecule has 0 saturated carbocycles. The molecule has 0 fully saturated rings. The molecule has 28 heteroatoms. The maximum absolute atomic E-state index is 14.4. The van der Waals surface area contributed by atoms with Crippen LogP contribution in [0.25, 0.3) is 0 Å². The van der Waals surface area contributed by atoms with Gasteiger partial charge in [-0.05, 0) is 81.9 Å². The van der Waals surface area contributed by atoms with Crippen molar-refractivity contribution in [3.05, 3.63) is 48.0 Å². The van der Waals surface area contributed by atoms with Crippen LogP contribution in [-0.4, -0.2) is 152 Å². The summed E-state index contributed by atoms with van der Waals surface area (Å²) in [6, 6.07) is -0.0473. The fourth-order valence-electron chi connectivity index (χ4n) is 9.76. The molecule has 1 heterocycles. The number of amides is 6. The number of aliphatic hydroxyl groups excluding tert-OH is 2. The molecule has 28 nitrogen and oxygen atoms in total. The van der Waals surface area contributed by atoms with E-state index in [0.717, 1.165) is 0 Å². The van der Waals surface area contributed by atoms with Gasteiger partial charge in [0.15, 0.2) is 35.1 Å². The number of benzene rings is 1. The lowest BCUT2D eigenvalue weighted by Crippen LogP contribution is -2.52. The number of phenolic OH excluding ortho intramolecular Hbond substituents is 1. The third kappa shape index (κ3) is 27.8. The number of Topliss-reactive ketones (excluding diaryl/α,β-unsaturated/α-hetero) is 5. The highest BCUT2D eigenvalue weighted by molar-refractivity contribution is 5.99. The molecule has 0 aliphatic rings. The standard InChI is InChI=1S/C59H94N14O14/c1-8-32(4)51(48(80)23-38(53(61)83)21-42-28-66-30-69-42)72-56(86)40(20-36-13-15-43(76)16-14-36)25-47(79)44(27-50(60)82)71-54(84)37(12-10-18-68-59(64)65)22-49(81)52(35(7)75)73-57(87)41(29-74)26-46(78)34(6)70-55(85)39(19-31(2)3)24-45(77)33(5)11-9-17-67-58(62)63/h13-16,28,30-35,37-41,44,51-52,74-76H,8-12,17-27,29H2,1-7H3,(H2,60,82)(H2,61,83)(H,66,69)(H,70,85)(H,71,84)(H,72,86)(H,73,87)(H4,62,63,67)(H4,64,65,68)/t32-,33-,34-,35+,37+,38+,39+,40+,41-,44-,51-,52-/m0/s1. The smallest absolute Gasteiger partial charge is 0.226 e. The number of aromatic nitrogens is 2. The van der Waals surface area contributed by atoms with Crippen LogP contribution in [0, 0.1) is 47.3 Å². The summed E-state index contributed by atoms with van der Waals surface area (Å²) < 4.78 is 0. The molecule has 484 valence electrons. The fourth-order valence-corrected chi connectivity index (χ4v) is 9.76. The number of hydrogen-bond donors (Lipinski definition) is 14. The molecular formula is C59H94N14O14. The van der Waals surface area contributed by atoms with Crippen LogP contribution in [0.2, 0.25) is 0 Å². The molecular weight excluding hydrogens is 1130 g/mol. The van der Waals surface area contributed by atoms with Gasteiger partial charge in [-0.2, -0.15) is 0 Å². The predicted octanol–water partition coefficient (Wildman–Crippen LogP) is -0.694. The Morgan fingerprint density at radius 3 is 1.63 bits per heavy atom. The first-order valence-electron chi connectivity index (χ1n) is 29.4. The molecule has 0 radical (unpaired) electrons. The van der Waals surface area contributed by atoms with E-state index >= 15 is 0 Å². The maximum Gasteiger partial charge on any atom is 0.226 e. The minimum Gasteiger partial charge on any atom is -0.508 e. The van der Waals surface area contributed by atoms with Crippen LogP contribution >= 0.6 is 0 Å². The van der Waals surface area contributed by atoms with Crippen LogP contribution in [0.5, 0.6) is 5.75 Å². The molecule has 0 bridgehead atoms. The van der Waals surface area contributed by atoms with Gasteiger partial charge in [-0.25, -0.2) is 4.98 Å². The monoisotopic (exact) mass is 1220 g/mol. The number of carbonyl (C=O) groups excluding carboxylic acids is 11. The zero-order chi connectivity index (χ0) is 65.7. The highest BCUT2D eigenvalue weighted by Crippen LogP contribution is 2.24. The van der Waals surface area contributed by atoms with Gasteiger partial charge in [0.05, 0.1) is 55.4 Å². The number of aliphatic imine (C=N–C) groups is 2. The van der Waals surface area contributed by atoms with Crippen LogP contribution in [0.1, 0.15) is 137 Å². The Kier molecular flexibility index (Phi) is 32.8. The Morgan fingerprint density at radius 2 is 1.10 bits per heavy atom. The molecule has 2 rings (SSSR count). The summed E-state index contributed by atoms with van der Waals surface area (Å²) in [5, 5.41) is 41.5. The lowest BCUT2D eigenvalue weighted by atomic mass is 9.86. The third-order valence-corrected chi connectivity index (χ3v) is 15.1. The van der Waals surface area contributed by atoms with Crippen molar-refractivity contribution in [1.29, 1.82) is 0 Å². The van der Waals surface area contributed by atoms with Gasteiger partial charge in [0.2, 0.25) is 35.4 Å². The number of H-pyrrole nitrogens is 1. The van der Waals surface area contributed by atoms with Crippen LogP contribution < -0.4 is 55.7 Å². The highest BCUT2D eigenvalue weighted by Gasteiger charge is 2.38. The van der Waals surface area contributed by atoms with E-state index in [9.17, 15) is 68.1 Å². The molecule has 0 unspecified atom stereocenters. The van der Waals surface area contributed by atoms with Crippen molar-refractivity contribution in [3.63, 3.8) is 0 Å². The third-order valence-electron chi connectivity index (χ3n) is 15.1. The van der Waals surface area contributed by atoms with E-state index in [1.807, 2.05) is 13.8 Å². The molecule has 1 aromatic heterocycles. The van der Waals surface area contributed by atoms with Gasteiger partial charge in [0, 0.05) is 87.2 Å². The van der Waals surface area contributed by atoms with Crippen LogP contribution in [0.15, 0.2) is 46.8 Å². The molecule has 6 amide bonds. The molecule has 0 aliphatic heterocycles. The molecule has 2 aromatic rings. The summed E-state index contributed by atoms with van der Waals surface area (Å²) in [6.45, 7) is 10.9. The normalized spacial score (nSPS) is 15.4. The second-order valence-electron chi connectivity index (χ2n) is 23.1. The van der Waals surface area contributed by atoms with E-state index in [0.29, 0.717) is 43.5 Å². The quantitative estimate of drug-likeness (QED) is 0.0222. The number of aliphatic hydroxyl groups is 2. The lowest BCUT2D eigenvalue weighted by Gasteiger charge is -2.28. The Labute approximate surface area is 507 Å².